The molecule has 1 heterocycles. The Morgan fingerprint density at radius 1 is 1.13 bits per heavy atom. The topological polar surface area (TPSA) is 117 Å². The number of halogens is 2. The number of nitrogens with one attached hydrogen (secondary N) is 2. The van der Waals surface area contributed by atoms with Gasteiger partial charge in [0, 0.05) is 13.5 Å². The average molecular weight is 415 g/mol. The molecule has 8 nitrogen and oxygen atoms in total. The number of primary amides is 1. The van der Waals surface area contributed by atoms with Crippen LogP contribution < -0.4 is 21.4 Å². The molecule has 10 heteroatoms. The maximum Gasteiger partial charge on any atom is 0.268 e. The zero-order valence-electron chi connectivity index (χ0n) is 15.9. The Kier molecular flexibility index (Phi) is 6.05. The van der Waals surface area contributed by atoms with Crippen molar-refractivity contribution in [3.05, 3.63) is 65.7 Å². The summed E-state index contributed by atoms with van der Waals surface area (Å²) >= 11 is 0. The lowest BCUT2D eigenvalue weighted by atomic mass is 10.0. The van der Waals surface area contributed by atoms with E-state index >= 15 is 0 Å². The molecule has 0 radical (unpaired) electrons. The van der Waals surface area contributed by atoms with Crippen LogP contribution in [0.2, 0.25) is 0 Å². The number of carbonyl (C=O) groups is 3. The maximum absolute atomic E-state index is 13.6. The molecule has 0 aliphatic carbocycles. The predicted octanol–water partition coefficient (Wildman–Crippen LogP) is 0.988. The first kappa shape index (κ1) is 20.9. The molecule has 2 aromatic carbocycles. The molecule has 0 fully saturated rings. The second-order valence-electron chi connectivity index (χ2n) is 6.54. The van der Waals surface area contributed by atoms with Gasteiger partial charge < -0.3 is 16.4 Å². The number of carbonyl (C=O) groups excluding carboxylic acids is 3. The summed E-state index contributed by atoms with van der Waals surface area (Å²) in [7, 11) is 1.34. The van der Waals surface area contributed by atoms with E-state index in [1.807, 2.05) is 0 Å². The number of nitrogens with two attached hydrogens (primary N) is 1. The highest BCUT2D eigenvalue weighted by molar-refractivity contribution is 6.40. The molecule has 4 N–H and O–H groups in total. The molecule has 3 rings (SSSR count). The van der Waals surface area contributed by atoms with E-state index in [1.165, 1.54) is 18.1 Å². The van der Waals surface area contributed by atoms with Crippen molar-refractivity contribution in [1.82, 2.24) is 10.6 Å². The van der Waals surface area contributed by atoms with Gasteiger partial charge in [0.2, 0.25) is 11.8 Å². The number of benzene rings is 2. The van der Waals surface area contributed by atoms with Crippen molar-refractivity contribution in [3.63, 3.8) is 0 Å². The zero-order valence-corrected chi connectivity index (χ0v) is 15.9. The van der Waals surface area contributed by atoms with Gasteiger partial charge in [-0.3, -0.25) is 19.4 Å². The Hall–Kier alpha value is -3.82. The van der Waals surface area contributed by atoms with Gasteiger partial charge in [0.15, 0.2) is 11.6 Å². The molecule has 0 saturated heterocycles. The van der Waals surface area contributed by atoms with Crippen molar-refractivity contribution in [2.45, 2.75) is 18.5 Å². The fraction of sp³-hybridized carbons (Fsp3) is 0.200. The van der Waals surface area contributed by atoms with E-state index in [9.17, 15) is 23.2 Å². The third-order valence-electron chi connectivity index (χ3n) is 4.58. The van der Waals surface area contributed by atoms with Crippen LogP contribution in [0.15, 0.2) is 53.6 Å². The SMILES string of the molecule is CNC(=O)C(NC(=O)C1=NN(c2ccccc2)C(C(N)=O)C1)c1ccc(F)c(F)c1. The molecular formula is C20H19F2N5O3. The molecule has 3 amide bonds. The van der Waals surface area contributed by atoms with Crippen LogP contribution in [-0.4, -0.2) is 36.5 Å². The van der Waals surface area contributed by atoms with Gasteiger partial charge in [-0.1, -0.05) is 24.3 Å². The summed E-state index contributed by atoms with van der Waals surface area (Å²) in [5, 5.41) is 10.3. The van der Waals surface area contributed by atoms with Crippen LogP contribution in [-0.2, 0) is 14.4 Å². The van der Waals surface area contributed by atoms with Crippen LogP contribution >= 0.6 is 0 Å². The van der Waals surface area contributed by atoms with Gasteiger partial charge >= 0.3 is 0 Å². The largest absolute Gasteiger partial charge is 0.368 e. The van der Waals surface area contributed by atoms with Gasteiger partial charge in [-0.25, -0.2) is 8.78 Å². The van der Waals surface area contributed by atoms with E-state index in [2.05, 4.69) is 15.7 Å². The Morgan fingerprint density at radius 3 is 2.43 bits per heavy atom. The molecule has 1 aliphatic heterocycles. The molecule has 0 bridgehead atoms. The molecule has 1 aliphatic rings. The van der Waals surface area contributed by atoms with Crippen LogP contribution in [0.3, 0.4) is 0 Å². The van der Waals surface area contributed by atoms with Gasteiger partial charge in [-0.2, -0.15) is 5.10 Å². The minimum Gasteiger partial charge on any atom is -0.368 e. The van der Waals surface area contributed by atoms with Crippen LogP contribution in [0.1, 0.15) is 18.0 Å². The van der Waals surface area contributed by atoms with Crippen molar-refractivity contribution in [2.24, 2.45) is 10.8 Å². The van der Waals surface area contributed by atoms with Crippen LogP contribution in [0, 0.1) is 11.6 Å². The normalized spacial score (nSPS) is 16.6. The second kappa shape index (κ2) is 8.68. The van der Waals surface area contributed by atoms with Crippen molar-refractivity contribution < 1.29 is 23.2 Å². The van der Waals surface area contributed by atoms with E-state index in [-0.39, 0.29) is 17.7 Å². The average Bonchev–Trinajstić information content (AvgIpc) is 3.20. The molecule has 156 valence electrons. The van der Waals surface area contributed by atoms with E-state index in [0.29, 0.717) is 5.69 Å². The number of rotatable bonds is 6. The third kappa shape index (κ3) is 4.27. The van der Waals surface area contributed by atoms with Gasteiger partial charge in [-0.15, -0.1) is 0 Å². The smallest absolute Gasteiger partial charge is 0.268 e. The summed E-state index contributed by atoms with van der Waals surface area (Å²) in [5.74, 6) is -4.28. The number of para-hydroxylation sites is 1. The first-order valence-electron chi connectivity index (χ1n) is 9.00. The molecule has 2 aromatic rings. The lowest BCUT2D eigenvalue weighted by Crippen LogP contribution is -2.42. The monoisotopic (exact) mass is 415 g/mol. The summed E-state index contributed by atoms with van der Waals surface area (Å²) in [6.07, 6.45) is -0.0751. The van der Waals surface area contributed by atoms with Crippen LogP contribution in [0.5, 0.6) is 0 Å². The number of likely N-dealkylation sites (N-methyl/N-ethyl adjacent to an activating group) is 1. The lowest BCUT2D eigenvalue weighted by Gasteiger charge is -2.20. The molecule has 2 atom stereocenters. The van der Waals surface area contributed by atoms with Crippen molar-refractivity contribution in [3.8, 4) is 0 Å². The molecule has 2 unspecified atom stereocenters. The number of hydrogen-bond acceptors (Lipinski definition) is 5. The van der Waals surface area contributed by atoms with E-state index < -0.39 is 41.4 Å². The quantitative estimate of drug-likeness (QED) is 0.652. The van der Waals surface area contributed by atoms with Gasteiger partial charge in [0.1, 0.15) is 17.8 Å². The fourth-order valence-electron chi connectivity index (χ4n) is 3.04. The van der Waals surface area contributed by atoms with E-state index in [0.717, 1.165) is 12.1 Å². The molecule has 30 heavy (non-hydrogen) atoms. The Morgan fingerprint density at radius 2 is 1.83 bits per heavy atom. The van der Waals surface area contributed by atoms with Crippen molar-refractivity contribution in [2.75, 3.05) is 12.1 Å². The van der Waals surface area contributed by atoms with Gasteiger partial charge in [-0.05, 0) is 29.8 Å². The lowest BCUT2D eigenvalue weighted by molar-refractivity contribution is -0.126. The molecule has 0 spiro atoms. The van der Waals surface area contributed by atoms with Gasteiger partial charge in [0.25, 0.3) is 5.91 Å². The minimum atomic E-state index is -1.29. The highest BCUT2D eigenvalue weighted by Crippen LogP contribution is 2.25. The fourth-order valence-corrected chi connectivity index (χ4v) is 3.04. The van der Waals surface area contributed by atoms with Crippen LogP contribution in [0.4, 0.5) is 14.5 Å². The summed E-state index contributed by atoms with van der Waals surface area (Å²) < 4.78 is 26.9. The Labute approximate surface area is 170 Å². The second-order valence-corrected chi connectivity index (χ2v) is 6.54. The Balaban J connectivity index is 1.87. The first-order valence-corrected chi connectivity index (χ1v) is 9.00. The summed E-state index contributed by atoms with van der Waals surface area (Å²) in [5.41, 5.74) is 6.04. The number of hydrazone groups is 1. The summed E-state index contributed by atoms with van der Waals surface area (Å²) in [6, 6.07) is 9.38. The highest BCUT2D eigenvalue weighted by atomic mass is 19.2. The standard InChI is InChI=1S/C20H19F2N5O3/c1-24-20(30)17(11-7-8-13(21)14(22)9-11)25-19(29)15-10-16(18(23)28)27(26-15)12-5-3-2-4-6-12/h2-9,16-17H,10H2,1H3,(H2,23,28)(H,24,30)(H,25,29). The predicted molar refractivity (Wildman–Crippen MR) is 105 cm³/mol. The van der Waals surface area contributed by atoms with Crippen molar-refractivity contribution >= 4 is 29.1 Å². The number of amides is 3. The third-order valence-corrected chi connectivity index (χ3v) is 4.58. The maximum atomic E-state index is 13.6. The number of nitrogens with zero attached hydrogens (tertiary/aromatic N) is 2. The molecule has 0 saturated carbocycles. The van der Waals surface area contributed by atoms with E-state index in [1.54, 1.807) is 30.3 Å². The summed E-state index contributed by atoms with van der Waals surface area (Å²) in [4.78, 5) is 36.9. The minimum absolute atomic E-state index is 0.0286. The number of anilines is 1. The van der Waals surface area contributed by atoms with Crippen molar-refractivity contribution in [1.29, 1.82) is 0 Å². The van der Waals surface area contributed by atoms with Crippen LogP contribution in [0.25, 0.3) is 0 Å². The molecular weight excluding hydrogens is 396 g/mol. The summed E-state index contributed by atoms with van der Waals surface area (Å²) in [6.45, 7) is 0. The Bertz CT molecular complexity index is 1010. The first-order chi connectivity index (χ1) is 14.3. The van der Waals surface area contributed by atoms with E-state index in [4.69, 9.17) is 5.73 Å². The zero-order chi connectivity index (χ0) is 21.8. The highest BCUT2D eigenvalue weighted by Gasteiger charge is 2.36. The van der Waals surface area contributed by atoms with Gasteiger partial charge in [0.05, 0.1) is 5.69 Å². The molecule has 0 aromatic heterocycles. The number of hydrogen-bond donors (Lipinski definition) is 3.